The van der Waals surface area contributed by atoms with Gasteiger partial charge in [0, 0.05) is 41.4 Å². The summed E-state index contributed by atoms with van der Waals surface area (Å²) in [4.78, 5) is 7.30. The standard InChI is InChI=1S/C17H26BrN3/c1-2-21(16-6-4-3-5-7-16)17-13(10-14(18)12-20-17)11-19-15-8-9-15/h10,12,15-16,19H,2-9,11H2,1H3. The minimum atomic E-state index is 0.678. The summed E-state index contributed by atoms with van der Waals surface area (Å²) in [7, 11) is 0. The molecular formula is C17H26BrN3. The summed E-state index contributed by atoms with van der Waals surface area (Å²) in [6.45, 7) is 4.25. The monoisotopic (exact) mass is 351 g/mol. The van der Waals surface area contributed by atoms with Gasteiger partial charge in [0.05, 0.1) is 0 Å². The van der Waals surface area contributed by atoms with Crippen molar-refractivity contribution >= 4 is 21.7 Å². The average Bonchev–Trinajstić information content (AvgIpc) is 3.33. The van der Waals surface area contributed by atoms with Crippen molar-refractivity contribution in [2.45, 2.75) is 70.5 Å². The van der Waals surface area contributed by atoms with Crippen LogP contribution in [0.1, 0.15) is 57.4 Å². The van der Waals surface area contributed by atoms with Crippen molar-refractivity contribution in [2.75, 3.05) is 11.4 Å². The molecule has 1 heterocycles. The highest BCUT2D eigenvalue weighted by Gasteiger charge is 2.25. The molecule has 0 radical (unpaired) electrons. The van der Waals surface area contributed by atoms with Crippen LogP contribution in [0, 0.1) is 0 Å². The van der Waals surface area contributed by atoms with Gasteiger partial charge in [-0.1, -0.05) is 19.3 Å². The van der Waals surface area contributed by atoms with Crippen LogP contribution in [0.15, 0.2) is 16.7 Å². The fourth-order valence-electron chi connectivity index (χ4n) is 3.38. The van der Waals surface area contributed by atoms with Crippen LogP contribution < -0.4 is 10.2 Å². The molecule has 2 saturated carbocycles. The summed E-state index contributed by atoms with van der Waals surface area (Å²) in [5.74, 6) is 1.20. The molecule has 0 aromatic carbocycles. The van der Waals surface area contributed by atoms with E-state index < -0.39 is 0 Å². The second-order valence-electron chi connectivity index (χ2n) is 6.37. The number of nitrogens with one attached hydrogen (secondary N) is 1. The Morgan fingerprint density at radius 2 is 2.00 bits per heavy atom. The van der Waals surface area contributed by atoms with Crippen LogP contribution in [0.3, 0.4) is 0 Å². The molecule has 2 fully saturated rings. The SMILES string of the molecule is CCN(c1ncc(Br)cc1CNC1CC1)C1CCCCC1. The Bertz CT molecular complexity index is 467. The maximum Gasteiger partial charge on any atom is 0.133 e. The van der Waals surface area contributed by atoms with Crippen molar-refractivity contribution in [3.63, 3.8) is 0 Å². The smallest absolute Gasteiger partial charge is 0.133 e. The Morgan fingerprint density at radius 1 is 1.24 bits per heavy atom. The Morgan fingerprint density at radius 3 is 2.67 bits per heavy atom. The summed E-state index contributed by atoms with van der Waals surface area (Å²) in [6.07, 6.45) is 11.4. The summed E-state index contributed by atoms with van der Waals surface area (Å²) in [5, 5.41) is 3.63. The molecular weight excluding hydrogens is 326 g/mol. The molecule has 0 bridgehead atoms. The van der Waals surface area contributed by atoms with Gasteiger partial charge in [-0.3, -0.25) is 0 Å². The molecule has 0 unspecified atom stereocenters. The number of rotatable bonds is 6. The Kier molecular flexibility index (Phi) is 5.17. The second kappa shape index (κ2) is 7.10. The highest BCUT2D eigenvalue weighted by atomic mass is 79.9. The van der Waals surface area contributed by atoms with Crippen molar-refractivity contribution in [3.05, 3.63) is 22.3 Å². The van der Waals surface area contributed by atoms with E-state index in [1.807, 2.05) is 6.20 Å². The molecule has 1 N–H and O–H groups in total. The molecule has 1 aromatic rings. The molecule has 0 saturated heterocycles. The van der Waals surface area contributed by atoms with Gasteiger partial charge in [-0.15, -0.1) is 0 Å². The molecule has 0 atom stereocenters. The second-order valence-corrected chi connectivity index (χ2v) is 7.28. The minimum absolute atomic E-state index is 0.678. The largest absolute Gasteiger partial charge is 0.354 e. The van der Waals surface area contributed by atoms with E-state index in [4.69, 9.17) is 4.98 Å². The number of anilines is 1. The van der Waals surface area contributed by atoms with Crippen LogP contribution in [-0.4, -0.2) is 23.6 Å². The number of aromatic nitrogens is 1. The van der Waals surface area contributed by atoms with E-state index in [-0.39, 0.29) is 0 Å². The van der Waals surface area contributed by atoms with E-state index in [0.717, 1.165) is 23.6 Å². The lowest BCUT2D eigenvalue weighted by Crippen LogP contribution is -2.38. The number of nitrogens with zero attached hydrogens (tertiary/aromatic N) is 2. The first-order chi connectivity index (χ1) is 10.3. The zero-order valence-corrected chi connectivity index (χ0v) is 14.5. The Labute approximate surface area is 136 Å². The molecule has 0 spiro atoms. The minimum Gasteiger partial charge on any atom is -0.354 e. The van der Waals surface area contributed by atoms with Gasteiger partial charge in [-0.25, -0.2) is 4.98 Å². The van der Waals surface area contributed by atoms with Crippen molar-refractivity contribution < 1.29 is 0 Å². The van der Waals surface area contributed by atoms with E-state index >= 15 is 0 Å². The third-order valence-electron chi connectivity index (χ3n) is 4.70. The molecule has 4 heteroatoms. The number of hydrogen-bond acceptors (Lipinski definition) is 3. The van der Waals surface area contributed by atoms with E-state index in [1.54, 1.807) is 0 Å². The van der Waals surface area contributed by atoms with Gasteiger partial charge >= 0.3 is 0 Å². The van der Waals surface area contributed by atoms with Crippen LogP contribution in [0.5, 0.6) is 0 Å². The van der Waals surface area contributed by atoms with Crippen molar-refractivity contribution in [1.29, 1.82) is 0 Å². The number of pyridine rings is 1. The predicted octanol–water partition coefficient (Wildman–Crippen LogP) is 4.26. The van der Waals surface area contributed by atoms with Crippen LogP contribution in [0.4, 0.5) is 5.82 Å². The average molecular weight is 352 g/mol. The Balaban J connectivity index is 1.79. The zero-order valence-electron chi connectivity index (χ0n) is 12.9. The highest BCUT2D eigenvalue weighted by Crippen LogP contribution is 2.30. The maximum atomic E-state index is 4.76. The first-order valence-electron chi connectivity index (χ1n) is 8.42. The quantitative estimate of drug-likeness (QED) is 0.829. The van der Waals surface area contributed by atoms with E-state index in [1.165, 1.54) is 56.3 Å². The fourth-order valence-corrected chi connectivity index (χ4v) is 3.76. The predicted molar refractivity (Wildman–Crippen MR) is 91.7 cm³/mol. The highest BCUT2D eigenvalue weighted by molar-refractivity contribution is 9.10. The van der Waals surface area contributed by atoms with Gasteiger partial charge in [-0.2, -0.15) is 0 Å². The van der Waals surface area contributed by atoms with Crippen LogP contribution in [0.25, 0.3) is 0 Å². The lowest BCUT2D eigenvalue weighted by atomic mass is 9.94. The molecule has 0 amide bonds. The molecule has 2 aliphatic rings. The van der Waals surface area contributed by atoms with E-state index in [9.17, 15) is 0 Å². The molecule has 116 valence electrons. The molecule has 3 nitrogen and oxygen atoms in total. The van der Waals surface area contributed by atoms with Gasteiger partial charge in [-0.05, 0) is 54.6 Å². The molecule has 0 aliphatic heterocycles. The topological polar surface area (TPSA) is 28.2 Å². The maximum absolute atomic E-state index is 4.76. The fraction of sp³-hybridized carbons (Fsp3) is 0.706. The zero-order chi connectivity index (χ0) is 14.7. The molecule has 3 rings (SSSR count). The van der Waals surface area contributed by atoms with Gasteiger partial charge in [0.15, 0.2) is 0 Å². The molecule has 2 aliphatic carbocycles. The van der Waals surface area contributed by atoms with Crippen LogP contribution in [-0.2, 0) is 6.54 Å². The Hall–Kier alpha value is -0.610. The van der Waals surface area contributed by atoms with Crippen molar-refractivity contribution in [1.82, 2.24) is 10.3 Å². The third-order valence-corrected chi connectivity index (χ3v) is 5.13. The first-order valence-corrected chi connectivity index (χ1v) is 9.21. The van der Waals surface area contributed by atoms with E-state index in [2.05, 4.69) is 39.1 Å². The number of halogens is 1. The van der Waals surface area contributed by atoms with Crippen molar-refractivity contribution in [2.24, 2.45) is 0 Å². The van der Waals surface area contributed by atoms with Crippen LogP contribution >= 0.6 is 15.9 Å². The van der Waals surface area contributed by atoms with Crippen LogP contribution in [0.2, 0.25) is 0 Å². The van der Waals surface area contributed by atoms with Gasteiger partial charge < -0.3 is 10.2 Å². The summed E-state index contributed by atoms with van der Waals surface area (Å²) < 4.78 is 1.08. The first kappa shape index (κ1) is 15.3. The summed E-state index contributed by atoms with van der Waals surface area (Å²) >= 11 is 3.58. The molecule has 21 heavy (non-hydrogen) atoms. The lowest BCUT2D eigenvalue weighted by molar-refractivity contribution is 0.415. The summed E-state index contributed by atoms with van der Waals surface area (Å²) in [5.41, 5.74) is 1.34. The summed E-state index contributed by atoms with van der Waals surface area (Å²) in [6, 6.07) is 3.65. The molecule has 1 aromatic heterocycles. The normalized spacial score (nSPS) is 19.7. The lowest BCUT2D eigenvalue weighted by Gasteiger charge is -2.35. The van der Waals surface area contributed by atoms with Gasteiger partial charge in [0.25, 0.3) is 0 Å². The van der Waals surface area contributed by atoms with E-state index in [0.29, 0.717) is 6.04 Å². The number of hydrogen-bond donors (Lipinski definition) is 1. The third kappa shape index (κ3) is 3.98. The van der Waals surface area contributed by atoms with Gasteiger partial charge in [0.1, 0.15) is 5.82 Å². The van der Waals surface area contributed by atoms with Crippen molar-refractivity contribution in [3.8, 4) is 0 Å². The van der Waals surface area contributed by atoms with Gasteiger partial charge in [0.2, 0.25) is 0 Å².